The van der Waals surface area contributed by atoms with Crippen LogP contribution in [0.4, 0.5) is 4.79 Å². The number of likely N-dealkylation sites (tertiary alicyclic amines) is 1. The molecule has 0 spiro atoms. The zero-order valence-corrected chi connectivity index (χ0v) is 10.9. The van der Waals surface area contributed by atoms with Crippen LogP contribution in [0.1, 0.15) is 24.6 Å². The van der Waals surface area contributed by atoms with Crippen LogP contribution in [-0.4, -0.2) is 49.4 Å². The first-order chi connectivity index (χ1) is 9.75. The molecule has 0 radical (unpaired) electrons. The van der Waals surface area contributed by atoms with E-state index in [-0.39, 0.29) is 5.92 Å². The van der Waals surface area contributed by atoms with Crippen molar-refractivity contribution in [3.63, 3.8) is 0 Å². The molecule has 20 heavy (non-hydrogen) atoms. The quantitative estimate of drug-likeness (QED) is 0.896. The molecule has 0 atom stereocenters. The Morgan fingerprint density at radius 2 is 1.90 bits per heavy atom. The average Bonchev–Trinajstić information content (AvgIpc) is 2.97. The Kier molecular flexibility index (Phi) is 3.32. The van der Waals surface area contributed by atoms with Gasteiger partial charge in [-0.3, -0.25) is 0 Å². The van der Waals surface area contributed by atoms with Crippen molar-refractivity contribution >= 4 is 6.09 Å². The van der Waals surface area contributed by atoms with Gasteiger partial charge in [0.05, 0.1) is 5.69 Å². The Morgan fingerprint density at radius 3 is 2.55 bits per heavy atom. The first-order valence-electron chi connectivity index (χ1n) is 6.57. The number of hydrogen-bond acceptors (Lipinski definition) is 4. The van der Waals surface area contributed by atoms with Crippen molar-refractivity contribution in [3.8, 4) is 5.69 Å². The van der Waals surface area contributed by atoms with Crippen molar-refractivity contribution in [1.82, 2.24) is 25.1 Å². The van der Waals surface area contributed by atoms with Crippen molar-refractivity contribution < 1.29 is 9.90 Å². The number of aromatic nitrogens is 4. The number of amides is 1. The molecule has 3 rings (SSSR count). The summed E-state index contributed by atoms with van der Waals surface area (Å²) in [7, 11) is 0. The minimum atomic E-state index is -0.855. The van der Waals surface area contributed by atoms with Crippen molar-refractivity contribution in [2.24, 2.45) is 0 Å². The van der Waals surface area contributed by atoms with E-state index in [2.05, 4.69) is 15.5 Å². The molecule has 1 N–H and O–H groups in total. The van der Waals surface area contributed by atoms with Gasteiger partial charge in [-0.05, 0) is 35.4 Å². The van der Waals surface area contributed by atoms with Crippen LogP contribution in [0.3, 0.4) is 0 Å². The molecule has 2 aromatic rings. The summed E-state index contributed by atoms with van der Waals surface area (Å²) in [6.07, 6.45) is 0.644. The van der Waals surface area contributed by atoms with Crippen molar-refractivity contribution in [3.05, 3.63) is 36.2 Å². The molecular weight excluding hydrogens is 258 g/mol. The normalized spacial score (nSPS) is 16.3. The Labute approximate surface area is 115 Å². The molecule has 1 fully saturated rings. The Morgan fingerprint density at radius 1 is 1.20 bits per heavy atom. The van der Waals surface area contributed by atoms with E-state index in [0.29, 0.717) is 13.1 Å². The van der Waals surface area contributed by atoms with Gasteiger partial charge in [0.2, 0.25) is 0 Å². The third-order valence-electron chi connectivity index (χ3n) is 3.63. The van der Waals surface area contributed by atoms with Crippen LogP contribution in [0, 0.1) is 0 Å². The van der Waals surface area contributed by atoms with Gasteiger partial charge in [0.1, 0.15) is 0 Å². The van der Waals surface area contributed by atoms with Crippen LogP contribution in [-0.2, 0) is 0 Å². The van der Waals surface area contributed by atoms with E-state index in [0.717, 1.165) is 24.4 Å². The van der Waals surface area contributed by atoms with Crippen LogP contribution >= 0.6 is 0 Å². The fourth-order valence-corrected chi connectivity index (χ4v) is 2.53. The molecule has 104 valence electrons. The number of tetrazole rings is 1. The van der Waals surface area contributed by atoms with E-state index in [1.54, 1.807) is 4.68 Å². The zero-order valence-electron chi connectivity index (χ0n) is 10.9. The number of piperidine rings is 1. The lowest BCUT2D eigenvalue weighted by Gasteiger charge is -2.29. The summed E-state index contributed by atoms with van der Waals surface area (Å²) in [4.78, 5) is 12.4. The minimum Gasteiger partial charge on any atom is -0.465 e. The van der Waals surface area contributed by atoms with Gasteiger partial charge in [-0.1, -0.05) is 18.2 Å². The minimum absolute atomic E-state index is 0.195. The van der Waals surface area contributed by atoms with Gasteiger partial charge in [-0.25, -0.2) is 4.79 Å². The fraction of sp³-hybridized carbons (Fsp3) is 0.385. The lowest BCUT2D eigenvalue weighted by atomic mass is 9.96. The highest BCUT2D eigenvalue weighted by molar-refractivity contribution is 5.65. The largest absolute Gasteiger partial charge is 0.465 e. The molecule has 1 amide bonds. The second kappa shape index (κ2) is 5.28. The maximum absolute atomic E-state index is 10.9. The van der Waals surface area contributed by atoms with E-state index >= 15 is 0 Å². The van der Waals surface area contributed by atoms with Gasteiger partial charge in [0.15, 0.2) is 5.82 Å². The lowest BCUT2D eigenvalue weighted by Crippen LogP contribution is -2.37. The molecule has 1 saturated heterocycles. The second-order valence-electron chi connectivity index (χ2n) is 4.83. The van der Waals surface area contributed by atoms with E-state index < -0.39 is 6.09 Å². The average molecular weight is 273 g/mol. The third-order valence-corrected chi connectivity index (χ3v) is 3.63. The standard InChI is InChI=1S/C13H15N5O2/c19-13(20)17-8-6-10(7-9-17)12-14-15-16-18(12)11-4-2-1-3-5-11/h1-5,10H,6-9H2,(H,19,20). The highest BCUT2D eigenvalue weighted by Crippen LogP contribution is 2.27. The van der Waals surface area contributed by atoms with E-state index in [1.165, 1.54) is 4.90 Å². The molecule has 0 bridgehead atoms. The number of nitrogens with zero attached hydrogens (tertiary/aromatic N) is 5. The second-order valence-corrected chi connectivity index (χ2v) is 4.83. The van der Waals surface area contributed by atoms with Crippen molar-refractivity contribution in [1.29, 1.82) is 0 Å². The molecule has 2 heterocycles. The summed E-state index contributed by atoms with van der Waals surface area (Å²) >= 11 is 0. The van der Waals surface area contributed by atoms with Crippen molar-refractivity contribution in [2.75, 3.05) is 13.1 Å². The molecule has 0 saturated carbocycles. The lowest BCUT2D eigenvalue weighted by molar-refractivity contribution is 0.131. The number of hydrogen-bond donors (Lipinski definition) is 1. The molecule has 1 aliphatic rings. The third kappa shape index (κ3) is 2.34. The van der Waals surface area contributed by atoms with Gasteiger partial charge in [-0.15, -0.1) is 5.10 Å². The maximum Gasteiger partial charge on any atom is 0.407 e. The van der Waals surface area contributed by atoms with Crippen LogP contribution in [0.25, 0.3) is 5.69 Å². The van der Waals surface area contributed by atoms with Crippen LogP contribution in [0.15, 0.2) is 30.3 Å². The molecule has 7 nitrogen and oxygen atoms in total. The SMILES string of the molecule is O=C(O)N1CCC(c2nnnn2-c2ccccc2)CC1. The summed E-state index contributed by atoms with van der Waals surface area (Å²) < 4.78 is 1.74. The first-order valence-corrected chi connectivity index (χ1v) is 6.57. The summed E-state index contributed by atoms with van der Waals surface area (Å²) in [5.74, 6) is 1.00. The van der Waals surface area contributed by atoms with E-state index in [1.807, 2.05) is 30.3 Å². The number of carboxylic acid groups (broad SMARTS) is 1. The van der Waals surface area contributed by atoms with Crippen molar-refractivity contribution in [2.45, 2.75) is 18.8 Å². The first kappa shape index (κ1) is 12.6. The molecule has 7 heteroatoms. The Balaban J connectivity index is 1.80. The summed E-state index contributed by atoms with van der Waals surface area (Å²) in [6.45, 7) is 1.06. The molecule has 1 aliphatic heterocycles. The Bertz CT molecular complexity index is 590. The smallest absolute Gasteiger partial charge is 0.407 e. The predicted octanol–water partition coefficient (Wildman–Crippen LogP) is 1.52. The van der Waals surface area contributed by atoms with E-state index in [4.69, 9.17) is 5.11 Å². The summed E-state index contributed by atoms with van der Waals surface area (Å²) in [5.41, 5.74) is 0.924. The molecule has 1 aromatic heterocycles. The molecular formula is C13H15N5O2. The fourth-order valence-electron chi connectivity index (χ4n) is 2.53. The highest BCUT2D eigenvalue weighted by Gasteiger charge is 2.27. The van der Waals surface area contributed by atoms with Gasteiger partial charge >= 0.3 is 6.09 Å². The van der Waals surface area contributed by atoms with Crippen LogP contribution in [0.2, 0.25) is 0 Å². The number of rotatable bonds is 2. The van der Waals surface area contributed by atoms with Gasteiger partial charge < -0.3 is 10.0 Å². The number of para-hydroxylation sites is 1. The number of benzene rings is 1. The molecule has 0 aliphatic carbocycles. The number of carbonyl (C=O) groups is 1. The molecule has 0 unspecified atom stereocenters. The highest BCUT2D eigenvalue weighted by atomic mass is 16.4. The topological polar surface area (TPSA) is 84.1 Å². The zero-order chi connectivity index (χ0) is 13.9. The maximum atomic E-state index is 10.9. The van der Waals surface area contributed by atoms with Gasteiger partial charge in [0, 0.05) is 19.0 Å². The van der Waals surface area contributed by atoms with Crippen LogP contribution in [0.5, 0.6) is 0 Å². The van der Waals surface area contributed by atoms with Gasteiger partial charge in [0.25, 0.3) is 0 Å². The Hall–Kier alpha value is -2.44. The van der Waals surface area contributed by atoms with E-state index in [9.17, 15) is 4.79 Å². The van der Waals surface area contributed by atoms with Gasteiger partial charge in [-0.2, -0.15) is 4.68 Å². The molecule has 1 aromatic carbocycles. The summed E-state index contributed by atoms with van der Waals surface area (Å²) in [5, 5.41) is 20.9. The van der Waals surface area contributed by atoms with Crippen LogP contribution < -0.4 is 0 Å². The predicted molar refractivity (Wildman–Crippen MR) is 70.7 cm³/mol. The monoisotopic (exact) mass is 273 g/mol. The summed E-state index contributed by atoms with van der Waals surface area (Å²) in [6, 6.07) is 9.72.